The maximum Gasteiger partial charge on any atom is 0.127 e. The van der Waals surface area contributed by atoms with Crippen LogP contribution in [0.3, 0.4) is 0 Å². The molecule has 80 valence electrons. The molecule has 1 aromatic heterocycles. The molecular formula is C12H22N2. The molecule has 0 bridgehead atoms. The summed E-state index contributed by atoms with van der Waals surface area (Å²) in [5.41, 5.74) is 8.24. The molecule has 0 aliphatic rings. The average Bonchev–Trinajstić information content (AvgIpc) is 2.20. The van der Waals surface area contributed by atoms with Gasteiger partial charge in [0.15, 0.2) is 0 Å². The smallest absolute Gasteiger partial charge is 0.127 e. The van der Waals surface area contributed by atoms with Crippen LogP contribution in [0, 0.1) is 6.92 Å². The summed E-state index contributed by atoms with van der Waals surface area (Å²) in [5.74, 6) is 1.20. The summed E-state index contributed by atoms with van der Waals surface area (Å²) in [5, 5.41) is 0. The van der Waals surface area contributed by atoms with Gasteiger partial charge in [0.1, 0.15) is 5.82 Å². The van der Waals surface area contributed by atoms with E-state index in [9.17, 15) is 0 Å². The summed E-state index contributed by atoms with van der Waals surface area (Å²) in [6.07, 6.45) is 2.87. The van der Waals surface area contributed by atoms with Crippen molar-refractivity contribution in [2.75, 3.05) is 5.73 Å². The molecule has 0 fully saturated rings. The Morgan fingerprint density at radius 2 is 2.00 bits per heavy atom. The second-order valence-electron chi connectivity index (χ2n) is 3.24. The second-order valence-corrected chi connectivity index (χ2v) is 3.24. The molecule has 14 heavy (non-hydrogen) atoms. The highest BCUT2D eigenvalue weighted by Gasteiger charge is 2.09. The van der Waals surface area contributed by atoms with E-state index in [1.54, 1.807) is 6.20 Å². The number of pyridine rings is 1. The Bertz CT molecular complexity index is 249. The molecule has 1 rings (SSSR count). The summed E-state index contributed by atoms with van der Waals surface area (Å²) >= 11 is 0. The van der Waals surface area contributed by atoms with E-state index in [4.69, 9.17) is 5.73 Å². The molecule has 0 aliphatic heterocycles. The Morgan fingerprint density at radius 1 is 1.43 bits per heavy atom. The summed E-state index contributed by atoms with van der Waals surface area (Å²) < 4.78 is 0. The minimum absolute atomic E-state index is 0.513. The lowest BCUT2D eigenvalue weighted by Crippen LogP contribution is -2.03. The third-order valence-electron chi connectivity index (χ3n) is 2.34. The van der Waals surface area contributed by atoms with Crippen molar-refractivity contribution in [1.82, 2.24) is 4.98 Å². The largest absolute Gasteiger partial charge is 0.383 e. The van der Waals surface area contributed by atoms with Crippen molar-refractivity contribution in [1.29, 1.82) is 0 Å². The number of hydrogen-bond donors (Lipinski definition) is 1. The van der Waals surface area contributed by atoms with Crippen LogP contribution in [-0.4, -0.2) is 4.98 Å². The molecule has 0 radical (unpaired) electrons. The number of aromatic nitrogens is 1. The third-order valence-corrected chi connectivity index (χ3v) is 2.34. The van der Waals surface area contributed by atoms with Crippen LogP contribution in [0.15, 0.2) is 12.3 Å². The summed E-state index contributed by atoms with van der Waals surface area (Å²) in [7, 11) is 0. The van der Waals surface area contributed by atoms with Crippen LogP contribution >= 0.6 is 0 Å². The Balaban J connectivity index is 0.000000791. The van der Waals surface area contributed by atoms with Crippen LogP contribution in [-0.2, 0) is 0 Å². The summed E-state index contributed by atoms with van der Waals surface area (Å²) in [6.45, 7) is 10.4. The van der Waals surface area contributed by atoms with Crippen molar-refractivity contribution in [3.8, 4) is 0 Å². The molecule has 0 amide bonds. The van der Waals surface area contributed by atoms with E-state index >= 15 is 0 Å². The molecule has 0 spiro atoms. The number of nitrogens with zero attached hydrogens (tertiary/aromatic N) is 1. The van der Waals surface area contributed by atoms with Gasteiger partial charge >= 0.3 is 0 Å². The molecule has 1 aromatic rings. The average molecular weight is 194 g/mol. The molecule has 0 aromatic carbocycles. The fourth-order valence-electron chi connectivity index (χ4n) is 1.44. The van der Waals surface area contributed by atoms with Crippen molar-refractivity contribution >= 4 is 5.82 Å². The first kappa shape index (κ1) is 12.9. The van der Waals surface area contributed by atoms with Crippen molar-refractivity contribution < 1.29 is 0 Å². The molecule has 1 unspecified atom stereocenters. The van der Waals surface area contributed by atoms with Gasteiger partial charge in [-0.05, 0) is 36.5 Å². The Kier molecular flexibility index (Phi) is 5.93. The molecule has 0 saturated carbocycles. The van der Waals surface area contributed by atoms with E-state index < -0.39 is 0 Å². The zero-order valence-electron chi connectivity index (χ0n) is 9.96. The highest BCUT2D eigenvalue weighted by atomic mass is 14.8. The van der Waals surface area contributed by atoms with Gasteiger partial charge in [-0.2, -0.15) is 0 Å². The first-order valence-electron chi connectivity index (χ1n) is 5.37. The van der Waals surface area contributed by atoms with Crippen molar-refractivity contribution in [3.05, 3.63) is 23.4 Å². The summed E-state index contributed by atoms with van der Waals surface area (Å²) in [4.78, 5) is 4.09. The van der Waals surface area contributed by atoms with Gasteiger partial charge in [-0.25, -0.2) is 4.98 Å². The maximum absolute atomic E-state index is 5.79. The second kappa shape index (κ2) is 6.41. The van der Waals surface area contributed by atoms with E-state index in [0.29, 0.717) is 11.7 Å². The van der Waals surface area contributed by atoms with Gasteiger partial charge in [0.05, 0.1) is 0 Å². The lowest BCUT2D eigenvalue weighted by atomic mass is 9.95. The number of aryl methyl sites for hydroxylation is 1. The molecular weight excluding hydrogens is 172 g/mol. The van der Waals surface area contributed by atoms with E-state index in [1.807, 2.05) is 19.9 Å². The Morgan fingerprint density at radius 3 is 2.43 bits per heavy atom. The van der Waals surface area contributed by atoms with Crippen LogP contribution in [0.25, 0.3) is 0 Å². The normalized spacial score (nSPS) is 11.5. The first-order valence-corrected chi connectivity index (χ1v) is 5.37. The lowest BCUT2D eigenvalue weighted by Gasteiger charge is -2.13. The Hall–Kier alpha value is -1.05. The van der Waals surface area contributed by atoms with E-state index in [-0.39, 0.29) is 0 Å². The topological polar surface area (TPSA) is 38.9 Å². The molecule has 2 nitrogen and oxygen atoms in total. The van der Waals surface area contributed by atoms with E-state index in [2.05, 4.69) is 25.8 Å². The zero-order chi connectivity index (χ0) is 11.1. The standard InChI is InChI=1S/C10H16N2.C2H6/c1-4-7(2)9-8(3)5-6-12-10(9)11;1-2/h5-7H,4H2,1-3H3,(H2,11,12);1-2H3. The van der Waals surface area contributed by atoms with Crippen LogP contribution in [0.1, 0.15) is 51.2 Å². The van der Waals surface area contributed by atoms with Crippen LogP contribution in [0.4, 0.5) is 5.82 Å². The molecule has 1 atom stereocenters. The quantitative estimate of drug-likeness (QED) is 0.782. The molecule has 0 aliphatic carbocycles. The lowest BCUT2D eigenvalue weighted by molar-refractivity contribution is 0.727. The number of rotatable bonds is 2. The van der Waals surface area contributed by atoms with Gasteiger partial charge in [-0.1, -0.05) is 27.7 Å². The minimum atomic E-state index is 0.513. The highest BCUT2D eigenvalue weighted by molar-refractivity contribution is 5.45. The van der Waals surface area contributed by atoms with Gasteiger partial charge in [0.25, 0.3) is 0 Å². The highest BCUT2D eigenvalue weighted by Crippen LogP contribution is 2.25. The van der Waals surface area contributed by atoms with Crippen molar-refractivity contribution in [3.63, 3.8) is 0 Å². The van der Waals surface area contributed by atoms with Crippen molar-refractivity contribution in [2.24, 2.45) is 0 Å². The fraction of sp³-hybridized carbons (Fsp3) is 0.583. The molecule has 2 N–H and O–H groups in total. The van der Waals surface area contributed by atoms with Gasteiger partial charge in [0, 0.05) is 6.20 Å². The third kappa shape index (κ3) is 3.02. The van der Waals surface area contributed by atoms with Gasteiger partial charge in [-0.15, -0.1) is 0 Å². The molecule has 2 heteroatoms. The van der Waals surface area contributed by atoms with Crippen LogP contribution < -0.4 is 5.73 Å². The summed E-state index contributed by atoms with van der Waals surface area (Å²) in [6, 6.07) is 2.01. The number of nitrogen functional groups attached to an aromatic ring is 1. The maximum atomic E-state index is 5.79. The van der Waals surface area contributed by atoms with Crippen LogP contribution in [0.2, 0.25) is 0 Å². The predicted molar refractivity (Wildman–Crippen MR) is 63.4 cm³/mol. The monoisotopic (exact) mass is 194 g/mol. The van der Waals surface area contributed by atoms with E-state index in [0.717, 1.165) is 6.42 Å². The molecule has 0 saturated heterocycles. The molecule has 1 heterocycles. The fourth-order valence-corrected chi connectivity index (χ4v) is 1.44. The number of nitrogens with two attached hydrogens (primary N) is 1. The van der Waals surface area contributed by atoms with Gasteiger partial charge < -0.3 is 5.73 Å². The van der Waals surface area contributed by atoms with Crippen LogP contribution in [0.5, 0.6) is 0 Å². The SMILES string of the molecule is CC.CCC(C)c1c(C)ccnc1N. The van der Waals surface area contributed by atoms with Gasteiger partial charge in [-0.3, -0.25) is 0 Å². The minimum Gasteiger partial charge on any atom is -0.383 e. The zero-order valence-corrected chi connectivity index (χ0v) is 9.96. The number of anilines is 1. The number of hydrogen-bond acceptors (Lipinski definition) is 2. The Labute approximate surface area is 87.6 Å². The van der Waals surface area contributed by atoms with Crippen molar-refractivity contribution in [2.45, 2.75) is 47.0 Å². The van der Waals surface area contributed by atoms with E-state index in [1.165, 1.54) is 11.1 Å². The predicted octanol–water partition coefficient (Wildman–Crippen LogP) is 3.51. The van der Waals surface area contributed by atoms with Gasteiger partial charge in [0.2, 0.25) is 0 Å². The first-order chi connectivity index (χ1) is 6.66.